The highest BCUT2D eigenvalue weighted by molar-refractivity contribution is 14.0. The Morgan fingerprint density at radius 3 is 2.85 bits per heavy atom. The maximum atomic E-state index is 5.36. The molecule has 0 spiro atoms. The monoisotopic (exact) mass is 479 g/mol. The van der Waals surface area contributed by atoms with E-state index < -0.39 is 0 Å². The number of benzene rings is 1. The lowest BCUT2D eigenvalue weighted by Gasteiger charge is -2.19. The van der Waals surface area contributed by atoms with E-state index in [1.807, 2.05) is 41.2 Å². The summed E-state index contributed by atoms with van der Waals surface area (Å²) in [5.41, 5.74) is 2.22. The average molecular weight is 479 g/mol. The predicted octanol–water partition coefficient (Wildman–Crippen LogP) is 3.94. The van der Waals surface area contributed by atoms with Gasteiger partial charge in [0.05, 0.1) is 18.0 Å². The van der Waals surface area contributed by atoms with Crippen molar-refractivity contribution in [2.45, 2.75) is 26.3 Å². The van der Waals surface area contributed by atoms with Crippen LogP contribution in [0.25, 0.3) is 5.69 Å². The Balaban J connectivity index is 0.00000261. The fourth-order valence-electron chi connectivity index (χ4n) is 2.70. The van der Waals surface area contributed by atoms with E-state index in [9.17, 15) is 0 Å². The van der Waals surface area contributed by atoms with Gasteiger partial charge in [0.25, 0.3) is 0 Å². The van der Waals surface area contributed by atoms with Crippen LogP contribution in [0.3, 0.4) is 0 Å². The van der Waals surface area contributed by atoms with Crippen molar-refractivity contribution >= 4 is 29.9 Å². The molecule has 0 saturated carbocycles. The molecular weight excluding hydrogens is 453 g/mol. The Hall–Kier alpha value is -2.29. The molecule has 0 aliphatic carbocycles. The number of guanidine groups is 1. The molecule has 2 heterocycles. The number of nitrogens with zero attached hydrogens (tertiary/aromatic N) is 3. The van der Waals surface area contributed by atoms with Crippen molar-refractivity contribution < 1.29 is 4.42 Å². The molecule has 0 radical (unpaired) electrons. The molecule has 1 unspecified atom stereocenters. The summed E-state index contributed by atoms with van der Waals surface area (Å²) >= 11 is 0. The second-order valence-electron chi connectivity index (χ2n) is 6.00. The summed E-state index contributed by atoms with van der Waals surface area (Å²) in [7, 11) is 0. The summed E-state index contributed by atoms with van der Waals surface area (Å²) in [6, 6.07) is 14.2. The van der Waals surface area contributed by atoms with Gasteiger partial charge < -0.3 is 15.1 Å². The molecule has 6 nitrogen and oxygen atoms in total. The minimum atomic E-state index is 0. The van der Waals surface area contributed by atoms with Crippen LogP contribution in [0.2, 0.25) is 0 Å². The Bertz CT molecular complexity index is 815. The van der Waals surface area contributed by atoms with Crippen molar-refractivity contribution in [2.75, 3.05) is 13.1 Å². The number of hydrogen-bond acceptors (Lipinski definition) is 3. The van der Waals surface area contributed by atoms with Gasteiger partial charge in [0.2, 0.25) is 0 Å². The molecule has 0 aliphatic rings. The van der Waals surface area contributed by atoms with Crippen LogP contribution < -0.4 is 10.6 Å². The quantitative estimate of drug-likeness (QED) is 0.306. The zero-order chi connectivity index (χ0) is 18.2. The van der Waals surface area contributed by atoms with Crippen LogP contribution in [-0.4, -0.2) is 28.8 Å². The van der Waals surface area contributed by atoms with Crippen LogP contribution in [0.1, 0.15) is 31.2 Å². The number of furan rings is 1. The minimum Gasteiger partial charge on any atom is -0.469 e. The van der Waals surface area contributed by atoms with E-state index in [0.717, 1.165) is 30.4 Å². The van der Waals surface area contributed by atoms with Gasteiger partial charge in [-0.3, -0.25) is 4.99 Å². The third-order valence-electron chi connectivity index (χ3n) is 4.04. The van der Waals surface area contributed by atoms with Crippen LogP contribution in [-0.2, 0) is 6.42 Å². The first-order valence-electron chi connectivity index (χ1n) is 8.93. The summed E-state index contributed by atoms with van der Waals surface area (Å²) in [5.74, 6) is 1.75. The third-order valence-corrected chi connectivity index (χ3v) is 4.04. The molecule has 7 heteroatoms. The normalized spacial score (nSPS) is 12.3. The fourth-order valence-corrected chi connectivity index (χ4v) is 2.70. The number of halogens is 1. The molecule has 0 amide bonds. The Morgan fingerprint density at radius 1 is 1.26 bits per heavy atom. The van der Waals surface area contributed by atoms with E-state index in [2.05, 4.69) is 46.7 Å². The van der Waals surface area contributed by atoms with Gasteiger partial charge in [-0.1, -0.05) is 12.1 Å². The molecule has 0 fully saturated rings. The van der Waals surface area contributed by atoms with Gasteiger partial charge in [0, 0.05) is 31.9 Å². The molecule has 1 aromatic carbocycles. The average Bonchev–Trinajstić information content (AvgIpc) is 3.36. The number of hydrogen-bond donors (Lipinski definition) is 2. The molecule has 3 rings (SSSR count). The zero-order valence-electron chi connectivity index (χ0n) is 15.6. The predicted molar refractivity (Wildman–Crippen MR) is 119 cm³/mol. The Labute approximate surface area is 177 Å². The molecule has 3 aromatic rings. The summed E-state index contributed by atoms with van der Waals surface area (Å²) < 4.78 is 7.22. The van der Waals surface area contributed by atoms with Crippen molar-refractivity contribution in [3.05, 3.63) is 72.4 Å². The molecule has 144 valence electrons. The second-order valence-corrected chi connectivity index (χ2v) is 6.00. The third kappa shape index (κ3) is 6.13. The Morgan fingerprint density at radius 2 is 2.15 bits per heavy atom. The van der Waals surface area contributed by atoms with E-state index in [0.29, 0.717) is 6.54 Å². The molecule has 0 saturated heterocycles. The van der Waals surface area contributed by atoms with Crippen LogP contribution in [0, 0.1) is 0 Å². The zero-order valence-corrected chi connectivity index (χ0v) is 18.0. The van der Waals surface area contributed by atoms with Crippen LogP contribution in [0.5, 0.6) is 0 Å². The van der Waals surface area contributed by atoms with Gasteiger partial charge in [0.1, 0.15) is 5.76 Å². The minimum absolute atomic E-state index is 0. The summed E-state index contributed by atoms with van der Waals surface area (Å²) in [6.07, 6.45) is 6.20. The maximum Gasteiger partial charge on any atom is 0.191 e. The van der Waals surface area contributed by atoms with E-state index in [1.165, 1.54) is 5.56 Å². The first kappa shape index (κ1) is 21.0. The van der Waals surface area contributed by atoms with Crippen LogP contribution in [0.15, 0.2) is 70.5 Å². The fraction of sp³-hybridized carbons (Fsp3) is 0.300. The number of aromatic nitrogens is 2. The molecular formula is C20H26IN5O. The smallest absolute Gasteiger partial charge is 0.191 e. The van der Waals surface area contributed by atoms with Crippen LogP contribution >= 0.6 is 24.0 Å². The van der Waals surface area contributed by atoms with E-state index in [1.54, 1.807) is 12.5 Å². The summed E-state index contributed by atoms with van der Waals surface area (Å²) in [4.78, 5) is 4.64. The Kier molecular flexibility index (Phi) is 8.38. The number of rotatable bonds is 7. The molecule has 0 aliphatic heterocycles. The van der Waals surface area contributed by atoms with E-state index >= 15 is 0 Å². The number of nitrogens with one attached hydrogen (secondary N) is 2. The highest BCUT2D eigenvalue weighted by Gasteiger charge is 2.09. The van der Waals surface area contributed by atoms with Gasteiger partial charge in [0.15, 0.2) is 5.96 Å². The molecule has 27 heavy (non-hydrogen) atoms. The van der Waals surface area contributed by atoms with Crippen molar-refractivity contribution in [3.63, 3.8) is 0 Å². The SMILES string of the molecule is CCNC(=NCCc1ccco1)NC(C)c1cccc(-n2cccn2)c1.I. The maximum absolute atomic E-state index is 5.36. The molecule has 0 bridgehead atoms. The molecule has 2 aromatic heterocycles. The van der Waals surface area contributed by atoms with Gasteiger partial charge in [-0.05, 0) is 49.7 Å². The standard InChI is InChI=1S/C20H25N5O.HI/c1-3-21-20(22-12-10-19-9-5-14-26-19)24-16(2)17-7-4-8-18(15-17)25-13-6-11-23-25;/h4-9,11,13-16H,3,10,12H2,1-2H3,(H2,21,22,24);1H. The lowest BCUT2D eigenvalue weighted by Crippen LogP contribution is -2.38. The largest absolute Gasteiger partial charge is 0.469 e. The number of aliphatic imine (C=N–C) groups is 1. The van der Waals surface area contributed by atoms with Gasteiger partial charge >= 0.3 is 0 Å². The van der Waals surface area contributed by atoms with Crippen molar-refractivity contribution in [1.29, 1.82) is 0 Å². The van der Waals surface area contributed by atoms with Crippen molar-refractivity contribution in [1.82, 2.24) is 20.4 Å². The highest BCUT2D eigenvalue weighted by atomic mass is 127. The van der Waals surface area contributed by atoms with Gasteiger partial charge in [-0.15, -0.1) is 24.0 Å². The molecule has 2 N–H and O–H groups in total. The molecule has 1 atom stereocenters. The summed E-state index contributed by atoms with van der Waals surface area (Å²) in [5, 5.41) is 11.1. The van der Waals surface area contributed by atoms with Crippen molar-refractivity contribution in [3.8, 4) is 5.69 Å². The van der Waals surface area contributed by atoms with Crippen molar-refractivity contribution in [2.24, 2.45) is 4.99 Å². The lowest BCUT2D eigenvalue weighted by molar-refractivity contribution is 0.510. The highest BCUT2D eigenvalue weighted by Crippen LogP contribution is 2.16. The lowest BCUT2D eigenvalue weighted by atomic mass is 10.1. The van der Waals surface area contributed by atoms with E-state index in [-0.39, 0.29) is 30.0 Å². The topological polar surface area (TPSA) is 67.4 Å². The second kappa shape index (κ2) is 10.8. The van der Waals surface area contributed by atoms with Crippen LogP contribution in [0.4, 0.5) is 0 Å². The first-order chi connectivity index (χ1) is 12.8. The summed E-state index contributed by atoms with van der Waals surface area (Å²) in [6.45, 7) is 5.67. The first-order valence-corrected chi connectivity index (χ1v) is 8.93. The van der Waals surface area contributed by atoms with Gasteiger partial charge in [-0.25, -0.2) is 4.68 Å². The van der Waals surface area contributed by atoms with E-state index in [4.69, 9.17) is 4.42 Å². The van der Waals surface area contributed by atoms with Gasteiger partial charge in [-0.2, -0.15) is 5.10 Å².